The molecular formula is C16H21NO3. The van der Waals surface area contributed by atoms with Gasteiger partial charge in [-0.1, -0.05) is 17.9 Å². The Balaban J connectivity index is 2.57. The largest absolute Gasteiger partial charge is 0.384 e. The van der Waals surface area contributed by atoms with Crippen molar-refractivity contribution in [1.29, 1.82) is 0 Å². The van der Waals surface area contributed by atoms with Crippen molar-refractivity contribution in [1.82, 2.24) is 0 Å². The first-order chi connectivity index (χ1) is 9.67. The normalized spacial score (nSPS) is 9.75. The van der Waals surface area contributed by atoms with E-state index in [1.807, 2.05) is 32.0 Å². The maximum Gasteiger partial charge on any atom is 0.224 e. The van der Waals surface area contributed by atoms with Crippen LogP contribution >= 0.6 is 0 Å². The lowest BCUT2D eigenvalue weighted by Gasteiger charge is -2.07. The standard InChI is InChI=1S/C16H21NO3/c1-3-20-11-5-7-16(19)17-15-9-8-13(2)14(12-15)6-4-10-18/h8-9,12,18H,3,5,7,10-11H2,1-2H3,(H,17,19). The van der Waals surface area contributed by atoms with E-state index >= 15 is 0 Å². The fourth-order valence-corrected chi connectivity index (χ4v) is 1.67. The number of rotatable bonds is 6. The summed E-state index contributed by atoms with van der Waals surface area (Å²) in [4.78, 5) is 11.7. The molecule has 1 aromatic carbocycles. The number of ether oxygens (including phenoxy) is 1. The van der Waals surface area contributed by atoms with Gasteiger partial charge in [0, 0.05) is 30.9 Å². The molecular weight excluding hydrogens is 254 g/mol. The highest BCUT2D eigenvalue weighted by Gasteiger charge is 2.04. The van der Waals surface area contributed by atoms with Gasteiger partial charge in [0.05, 0.1) is 0 Å². The lowest BCUT2D eigenvalue weighted by molar-refractivity contribution is -0.116. The quantitative estimate of drug-likeness (QED) is 0.617. The second kappa shape index (κ2) is 9.13. The molecule has 0 atom stereocenters. The summed E-state index contributed by atoms with van der Waals surface area (Å²) in [5.41, 5.74) is 2.55. The highest BCUT2D eigenvalue weighted by Crippen LogP contribution is 2.14. The van der Waals surface area contributed by atoms with Gasteiger partial charge >= 0.3 is 0 Å². The molecule has 0 aromatic heterocycles. The molecule has 4 heteroatoms. The number of carbonyl (C=O) groups excluding carboxylic acids is 1. The Kier molecular flexibility index (Phi) is 7.41. The van der Waals surface area contributed by atoms with Crippen LogP contribution < -0.4 is 5.32 Å². The molecule has 0 aliphatic rings. The Morgan fingerprint density at radius 3 is 2.95 bits per heavy atom. The summed E-state index contributed by atoms with van der Waals surface area (Å²) in [7, 11) is 0. The summed E-state index contributed by atoms with van der Waals surface area (Å²) in [6.45, 7) is 4.97. The molecule has 0 fully saturated rings. The van der Waals surface area contributed by atoms with Crippen LogP contribution in [0.1, 0.15) is 30.9 Å². The predicted molar refractivity (Wildman–Crippen MR) is 79.5 cm³/mol. The van der Waals surface area contributed by atoms with Crippen LogP contribution in [-0.2, 0) is 9.53 Å². The summed E-state index contributed by atoms with van der Waals surface area (Å²) < 4.78 is 5.19. The van der Waals surface area contributed by atoms with E-state index in [4.69, 9.17) is 9.84 Å². The van der Waals surface area contributed by atoms with E-state index in [2.05, 4.69) is 17.2 Å². The smallest absolute Gasteiger partial charge is 0.224 e. The average Bonchev–Trinajstić information content (AvgIpc) is 2.44. The molecule has 0 bridgehead atoms. The Bertz CT molecular complexity index is 500. The van der Waals surface area contributed by atoms with Gasteiger partial charge in [-0.05, 0) is 38.0 Å². The molecule has 0 saturated carbocycles. The third kappa shape index (κ3) is 5.87. The van der Waals surface area contributed by atoms with Gasteiger partial charge in [0.15, 0.2) is 0 Å². The highest BCUT2D eigenvalue weighted by atomic mass is 16.5. The number of carbonyl (C=O) groups is 1. The lowest BCUT2D eigenvalue weighted by atomic mass is 10.1. The lowest BCUT2D eigenvalue weighted by Crippen LogP contribution is -2.12. The number of aryl methyl sites for hydroxylation is 1. The van der Waals surface area contributed by atoms with E-state index in [1.54, 1.807) is 0 Å². The number of amides is 1. The molecule has 0 radical (unpaired) electrons. The molecule has 1 rings (SSSR count). The SMILES string of the molecule is CCOCCCC(=O)Nc1ccc(C)c(C#CCO)c1. The zero-order valence-corrected chi connectivity index (χ0v) is 12.0. The molecule has 0 heterocycles. The summed E-state index contributed by atoms with van der Waals surface area (Å²) in [5.74, 6) is 5.44. The molecule has 1 aromatic rings. The number of anilines is 1. The van der Waals surface area contributed by atoms with E-state index in [0.29, 0.717) is 26.1 Å². The zero-order chi connectivity index (χ0) is 14.8. The van der Waals surface area contributed by atoms with Crippen molar-refractivity contribution in [2.75, 3.05) is 25.1 Å². The minimum Gasteiger partial charge on any atom is -0.384 e. The first kappa shape index (κ1) is 16.2. The first-order valence-electron chi connectivity index (χ1n) is 6.75. The van der Waals surface area contributed by atoms with Gasteiger partial charge in [0.25, 0.3) is 0 Å². The first-order valence-corrected chi connectivity index (χ1v) is 6.75. The van der Waals surface area contributed by atoms with Gasteiger partial charge in [0.2, 0.25) is 5.91 Å². The predicted octanol–water partition coefficient (Wildman–Crippen LogP) is 2.09. The third-order valence-corrected chi connectivity index (χ3v) is 2.72. The summed E-state index contributed by atoms with van der Waals surface area (Å²) in [6.07, 6.45) is 1.15. The Labute approximate surface area is 120 Å². The van der Waals surface area contributed by atoms with E-state index in [-0.39, 0.29) is 12.5 Å². The number of hydrogen-bond donors (Lipinski definition) is 2. The van der Waals surface area contributed by atoms with Crippen LogP contribution in [0, 0.1) is 18.8 Å². The van der Waals surface area contributed by atoms with Gasteiger partial charge in [-0.2, -0.15) is 0 Å². The zero-order valence-electron chi connectivity index (χ0n) is 12.0. The summed E-state index contributed by atoms with van der Waals surface area (Å²) >= 11 is 0. The molecule has 0 saturated heterocycles. The van der Waals surface area contributed by atoms with Crippen LogP contribution in [0.25, 0.3) is 0 Å². The van der Waals surface area contributed by atoms with Crippen LogP contribution in [0.15, 0.2) is 18.2 Å². The number of aliphatic hydroxyl groups excluding tert-OH is 1. The maximum absolute atomic E-state index is 11.7. The second-order valence-electron chi connectivity index (χ2n) is 4.34. The van der Waals surface area contributed by atoms with Gasteiger partial charge in [0.1, 0.15) is 6.61 Å². The number of hydrogen-bond acceptors (Lipinski definition) is 3. The second-order valence-corrected chi connectivity index (χ2v) is 4.34. The number of benzene rings is 1. The van der Waals surface area contributed by atoms with Crippen LogP contribution in [0.2, 0.25) is 0 Å². The van der Waals surface area contributed by atoms with Gasteiger partial charge in [-0.25, -0.2) is 0 Å². The van der Waals surface area contributed by atoms with E-state index in [9.17, 15) is 4.79 Å². The van der Waals surface area contributed by atoms with Crippen molar-refractivity contribution in [3.63, 3.8) is 0 Å². The number of nitrogens with one attached hydrogen (secondary N) is 1. The minimum atomic E-state index is -0.173. The Morgan fingerprint density at radius 2 is 2.25 bits per heavy atom. The third-order valence-electron chi connectivity index (χ3n) is 2.72. The van der Waals surface area contributed by atoms with Gasteiger partial charge in [-0.3, -0.25) is 4.79 Å². The molecule has 0 aliphatic carbocycles. The fraction of sp³-hybridized carbons (Fsp3) is 0.438. The topological polar surface area (TPSA) is 58.6 Å². The Morgan fingerprint density at radius 1 is 1.45 bits per heavy atom. The van der Waals surface area contributed by atoms with Crippen molar-refractivity contribution < 1.29 is 14.6 Å². The van der Waals surface area contributed by atoms with Crippen LogP contribution in [-0.4, -0.2) is 30.8 Å². The molecule has 20 heavy (non-hydrogen) atoms. The number of aliphatic hydroxyl groups is 1. The minimum absolute atomic E-state index is 0.0328. The van der Waals surface area contributed by atoms with Crippen molar-refractivity contribution in [3.05, 3.63) is 29.3 Å². The molecule has 0 unspecified atom stereocenters. The van der Waals surface area contributed by atoms with Crippen LogP contribution in [0.4, 0.5) is 5.69 Å². The van der Waals surface area contributed by atoms with Gasteiger partial charge in [-0.15, -0.1) is 0 Å². The van der Waals surface area contributed by atoms with Crippen molar-refractivity contribution in [2.24, 2.45) is 0 Å². The fourth-order valence-electron chi connectivity index (χ4n) is 1.67. The van der Waals surface area contributed by atoms with Gasteiger partial charge < -0.3 is 15.2 Å². The molecule has 4 nitrogen and oxygen atoms in total. The van der Waals surface area contributed by atoms with E-state index < -0.39 is 0 Å². The molecule has 0 spiro atoms. The van der Waals surface area contributed by atoms with E-state index in [1.165, 1.54) is 0 Å². The van der Waals surface area contributed by atoms with Crippen LogP contribution in [0.3, 0.4) is 0 Å². The summed E-state index contributed by atoms with van der Waals surface area (Å²) in [6, 6.07) is 5.57. The Hall–Kier alpha value is -1.83. The average molecular weight is 275 g/mol. The van der Waals surface area contributed by atoms with Crippen molar-refractivity contribution in [3.8, 4) is 11.8 Å². The maximum atomic E-state index is 11.7. The van der Waals surface area contributed by atoms with Crippen LogP contribution in [0.5, 0.6) is 0 Å². The highest BCUT2D eigenvalue weighted by molar-refractivity contribution is 5.90. The van der Waals surface area contributed by atoms with Crippen molar-refractivity contribution >= 4 is 11.6 Å². The molecule has 2 N–H and O–H groups in total. The monoisotopic (exact) mass is 275 g/mol. The van der Waals surface area contributed by atoms with Crippen molar-refractivity contribution in [2.45, 2.75) is 26.7 Å². The molecule has 108 valence electrons. The molecule has 1 amide bonds. The summed E-state index contributed by atoms with van der Waals surface area (Å²) in [5, 5.41) is 11.6. The van der Waals surface area contributed by atoms with E-state index in [0.717, 1.165) is 16.8 Å². The molecule has 0 aliphatic heterocycles.